The van der Waals surface area contributed by atoms with E-state index in [0.717, 1.165) is 16.3 Å². The Balaban J connectivity index is 1.67. The molecule has 0 radical (unpaired) electrons. The van der Waals surface area contributed by atoms with Crippen LogP contribution in [0.25, 0.3) is 10.7 Å². The molecule has 3 rings (SSSR count). The largest absolute Gasteiger partial charge is 0.347 e. The Bertz CT molecular complexity index is 728. The zero-order valence-electron chi connectivity index (χ0n) is 11.1. The van der Waals surface area contributed by atoms with Gasteiger partial charge in [-0.2, -0.15) is 0 Å². The predicted octanol–water partition coefficient (Wildman–Crippen LogP) is 2.53. The van der Waals surface area contributed by atoms with E-state index < -0.39 is 0 Å². The quantitative estimate of drug-likeness (QED) is 0.803. The Morgan fingerprint density at radius 1 is 1.19 bits per heavy atom. The minimum atomic E-state index is -0.197. The molecule has 0 unspecified atom stereocenters. The average Bonchev–Trinajstić information content (AvgIpc) is 3.04. The van der Waals surface area contributed by atoms with Gasteiger partial charge in [-0.25, -0.2) is 4.98 Å². The van der Waals surface area contributed by atoms with Gasteiger partial charge in [0.15, 0.2) is 0 Å². The van der Waals surface area contributed by atoms with Crippen molar-refractivity contribution >= 4 is 17.2 Å². The van der Waals surface area contributed by atoms with Crippen molar-refractivity contribution in [3.8, 4) is 10.7 Å². The van der Waals surface area contributed by atoms with Crippen molar-refractivity contribution in [1.82, 2.24) is 20.3 Å². The molecule has 3 aromatic rings. The lowest BCUT2D eigenvalue weighted by molar-refractivity contribution is 0.0946. The highest BCUT2D eigenvalue weighted by molar-refractivity contribution is 7.13. The van der Waals surface area contributed by atoms with E-state index in [2.05, 4.69) is 20.3 Å². The van der Waals surface area contributed by atoms with Crippen molar-refractivity contribution in [1.29, 1.82) is 0 Å². The summed E-state index contributed by atoms with van der Waals surface area (Å²) >= 11 is 1.41. The molecule has 0 saturated carbocycles. The molecule has 0 atom stereocenters. The monoisotopic (exact) mass is 296 g/mol. The molecule has 3 aromatic heterocycles. The van der Waals surface area contributed by atoms with Crippen molar-refractivity contribution in [2.45, 2.75) is 6.54 Å². The fourth-order valence-corrected chi connectivity index (χ4v) is 2.54. The van der Waals surface area contributed by atoms with Gasteiger partial charge in [0.1, 0.15) is 10.7 Å². The molecule has 0 aliphatic rings. The third kappa shape index (κ3) is 3.29. The van der Waals surface area contributed by atoms with Crippen LogP contribution >= 0.6 is 11.3 Å². The summed E-state index contributed by atoms with van der Waals surface area (Å²) < 4.78 is 0. The Hall–Kier alpha value is -2.60. The maximum atomic E-state index is 12.1. The van der Waals surface area contributed by atoms with Crippen LogP contribution in [-0.2, 0) is 6.54 Å². The second kappa shape index (κ2) is 6.23. The molecule has 0 aliphatic carbocycles. The summed E-state index contributed by atoms with van der Waals surface area (Å²) in [6.07, 6.45) is 5.13. The van der Waals surface area contributed by atoms with Crippen molar-refractivity contribution in [2.24, 2.45) is 0 Å². The van der Waals surface area contributed by atoms with E-state index in [9.17, 15) is 4.79 Å². The van der Waals surface area contributed by atoms with E-state index in [4.69, 9.17) is 0 Å². The molecule has 21 heavy (non-hydrogen) atoms. The Labute approximate surface area is 125 Å². The van der Waals surface area contributed by atoms with Crippen LogP contribution in [-0.4, -0.2) is 20.9 Å². The first-order valence-electron chi connectivity index (χ1n) is 6.37. The molecule has 1 N–H and O–H groups in total. The first kappa shape index (κ1) is 13.4. The third-order valence-electron chi connectivity index (χ3n) is 2.80. The number of thiazole rings is 1. The molecule has 6 heteroatoms. The number of carbonyl (C=O) groups excluding carboxylic acids is 1. The van der Waals surface area contributed by atoms with Gasteiger partial charge in [-0.1, -0.05) is 12.1 Å². The maximum Gasteiger partial charge on any atom is 0.271 e. The summed E-state index contributed by atoms with van der Waals surface area (Å²) in [7, 11) is 0. The molecule has 0 spiro atoms. The second-order valence-electron chi connectivity index (χ2n) is 4.30. The third-order valence-corrected chi connectivity index (χ3v) is 3.66. The number of carbonyl (C=O) groups is 1. The molecule has 1 amide bonds. The molecule has 0 fully saturated rings. The number of pyridine rings is 2. The number of hydrogen-bond acceptors (Lipinski definition) is 5. The smallest absolute Gasteiger partial charge is 0.271 e. The predicted molar refractivity (Wildman–Crippen MR) is 80.8 cm³/mol. The van der Waals surface area contributed by atoms with Gasteiger partial charge in [-0.05, 0) is 23.8 Å². The molecule has 0 saturated heterocycles. The number of nitrogens with zero attached hydrogens (tertiary/aromatic N) is 3. The minimum absolute atomic E-state index is 0.197. The lowest BCUT2D eigenvalue weighted by Gasteiger charge is -2.02. The topological polar surface area (TPSA) is 67.8 Å². The number of aromatic nitrogens is 3. The molecule has 0 aromatic carbocycles. The first-order valence-corrected chi connectivity index (χ1v) is 7.25. The molecular weight excluding hydrogens is 284 g/mol. The number of nitrogens with one attached hydrogen (secondary N) is 1. The van der Waals surface area contributed by atoms with E-state index in [1.54, 1.807) is 24.0 Å². The van der Waals surface area contributed by atoms with Crippen LogP contribution in [0.4, 0.5) is 0 Å². The number of amides is 1. The van der Waals surface area contributed by atoms with Crippen LogP contribution in [0.1, 0.15) is 16.1 Å². The maximum absolute atomic E-state index is 12.1. The van der Waals surface area contributed by atoms with Crippen molar-refractivity contribution < 1.29 is 4.79 Å². The lowest BCUT2D eigenvalue weighted by atomic mass is 10.3. The van der Waals surface area contributed by atoms with E-state index >= 15 is 0 Å². The summed E-state index contributed by atoms with van der Waals surface area (Å²) in [6, 6.07) is 9.36. The standard InChI is InChI=1S/C15H12N4OS/c20-14(18-9-11-4-3-6-16-8-11)13-10-21-15(19-13)12-5-1-2-7-17-12/h1-8,10H,9H2,(H,18,20). The summed E-state index contributed by atoms with van der Waals surface area (Å²) in [5, 5.41) is 5.30. The van der Waals surface area contributed by atoms with Gasteiger partial charge in [0.2, 0.25) is 0 Å². The van der Waals surface area contributed by atoms with Gasteiger partial charge in [-0.3, -0.25) is 14.8 Å². The number of rotatable bonds is 4. The van der Waals surface area contributed by atoms with Gasteiger partial charge in [-0.15, -0.1) is 11.3 Å². The summed E-state index contributed by atoms with van der Waals surface area (Å²) in [5.74, 6) is -0.197. The molecule has 3 heterocycles. The van der Waals surface area contributed by atoms with Crippen LogP contribution < -0.4 is 5.32 Å². The summed E-state index contributed by atoms with van der Waals surface area (Å²) in [5.41, 5.74) is 2.13. The Kier molecular flexibility index (Phi) is 3.97. The molecule has 0 aliphatic heterocycles. The summed E-state index contributed by atoms with van der Waals surface area (Å²) in [6.45, 7) is 0.434. The average molecular weight is 296 g/mol. The fourth-order valence-electron chi connectivity index (χ4n) is 1.76. The van der Waals surface area contributed by atoms with E-state index in [-0.39, 0.29) is 5.91 Å². The Morgan fingerprint density at radius 3 is 2.90 bits per heavy atom. The highest BCUT2D eigenvalue weighted by Gasteiger charge is 2.12. The van der Waals surface area contributed by atoms with Crippen LogP contribution in [0.5, 0.6) is 0 Å². The van der Waals surface area contributed by atoms with Gasteiger partial charge < -0.3 is 5.32 Å². The van der Waals surface area contributed by atoms with Crippen LogP contribution in [0, 0.1) is 0 Å². The van der Waals surface area contributed by atoms with Crippen molar-refractivity contribution in [2.75, 3.05) is 0 Å². The van der Waals surface area contributed by atoms with Crippen LogP contribution in [0.2, 0.25) is 0 Å². The first-order chi connectivity index (χ1) is 10.3. The van der Waals surface area contributed by atoms with Crippen LogP contribution in [0.3, 0.4) is 0 Å². The van der Waals surface area contributed by atoms with E-state index in [0.29, 0.717) is 12.2 Å². The number of hydrogen-bond donors (Lipinski definition) is 1. The van der Waals surface area contributed by atoms with Crippen LogP contribution in [0.15, 0.2) is 54.3 Å². The van der Waals surface area contributed by atoms with Crippen molar-refractivity contribution in [3.63, 3.8) is 0 Å². The summed E-state index contributed by atoms with van der Waals surface area (Å²) in [4.78, 5) is 24.6. The normalized spacial score (nSPS) is 10.3. The fraction of sp³-hybridized carbons (Fsp3) is 0.0667. The van der Waals surface area contributed by atoms with E-state index in [1.165, 1.54) is 11.3 Å². The molecule has 104 valence electrons. The molecular formula is C15H12N4OS. The highest BCUT2D eigenvalue weighted by atomic mass is 32.1. The molecule has 5 nitrogen and oxygen atoms in total. The van der Waals surface area contributed by atoms with Gasteiger partial charge >= 0.3 is 0 Å². The minimum Gasteiger partial charge on any atom is -0.347 e. The zero-order valence-corrected chi connectivity index (χ0v) is 11.9. The lowest BCUT2D eigenvalue weighted by Crippen LogP contribution is -2.23. The highest BCUT2D eigenvalue weighted by Crippen LogP contribution is 2.21. The van der Waals surface area contributed by atoms with Gasteiger partial charge in [0.05, 0.1) is 5.69 Å². The Morgan fingerprint density at radius 2 is 2.14 bits per heavy atom. The zero-order chi connectivity index (χ0) is 14.5. The van der Waals surface area contributed by atoms with Crippen molar-refractivity contribution in [3.05, 3.63) is 65.6 Å². The molecule has 0 bridgehead atoms. The second-order valence-corrected chi connectivity index (χ2v) is 5.15. The van der Waals surface area contributed by atoms with Gasteiger partial charge in [0.25, 0.3) is 5.91 Å². The van der Waals surface area contributed by atoms with E-state index in [1.807, 2.05) is 30.3 Å². The SMILES string of the molecule is O=C(NCc1cccnc1)c1csc(-c2ccccn2)n1. The van der Waals surface area contributed by atoms with Gasteiger partial charge in [0, 0.05) is 30.5 Å².